The molecule has 0 fully saturated rings. The highest BCUT2D eigenvalue weighted by Gasteiger charge is 2.33. The molecule has 0 aliphatic heterocycles. The van der Waals surface area contributed by atoms with Crippen molar-refractivity contribution in [3.05, 3.63) is 29.3 Å². The van der Waals surface area contributed by atoms with Gasteiger partial charge < -0.3 is 35.3 Å². The van der Waals surface area contributed by atoms with Crippen LogP contribution >= 0.6 is 0 Å². The molecule has 3 amide bonds. The molecule has 46 heavy (non-hydrogen) atoms. The summed E-state index contributed by atoms with van der Waals surface area (Å²) in [5.41, 5.74) is 0.729. The standard InChI is InChI=1S/C36H63N3O7/c1-11-12-17-37-34(42)29(25(4)5)22-31(40)30(39-35(43)46-36(7,8)9)21-27(24(2)3)23-38-33(41)28-16-15-26(6)20-32(28)45-19-14-13-18-44-10/h15-16,20,24-25,27,29-31,40H,11-14,17-19,21-23H2,1-10H3,(H,37,42)(H,38,41)(H,39,43). The van der Waals surface area contributed by atoms with Crippen LogP contribution in [0, 0.1) is 30.6 Å². The van der Waals surface area contributed by atoms with Gasteiger partial charge in [0.2, 0.25) is 5.91 Å². The van der Waals surface area contributed by atoms with Crippen LogP contribution in [0.4, 0.5) is 4.79 Å². The molecule has 0 heterocycles. The van der Waals surface area contributed by atoms with E-state index in [1.54, 1.807) is 33.9 Å². The van der Waals surface area contributed by atoms with Crippen molar-refractivity contribution < 1.29 is 33.7 Å². The summed E-state index contributed by atoms with van der Waals surface area (Å²) in [7, 11) is 1.67. The summed E-state index contributed by atoms with van der Waals surface area (Å²) in [4.78, 5) is 39.3. The molecule has 264 valence electrons. The van der Waals surface area contributed by atoms with Gasteiger partial charge in [0.05, 0.1) is 24.3 Å². The Morgan fingerprint density at radius 2 is 1.61 bits per heavy atom. The second-order valence-corrected chi connectivity index (χ2v) is 14.0. The molecule has 0 bridgehead atoms. The lowest BCUT2D eigenvalue weighted by molar-refractivity contribution is -0.127. The van der Waals surface area contributed by atoms with Gasteiger partial charge in [-0.2, -0.15) is 0 Å². The molecular weight excluding hydrogens is 586 g/mol. The van der Waals surface area contributed by atoms with Crippen molar-refractivity contribution in [3.63, 3.8) is 0 Å². The van der Waals surface area contributed by atoms with Gasteiger partial charge in [-0.3, -0.25) is 9.59 Å². The number of alkyl carbamates (subject to hydrolysis) is 1. The van der Waals surface area contributed by atoms with E-state index in [4.69, 9.17) is 14.2 Å². The Balaban J connectivity index is 3.12. The number of carbonyl (C=O) groups is 3. The second kappa shape index (κ2) is 21.1. The van der Waals surface area contributed by atoms with E-state index >= 15 is 0 Å². The maximum Gasteiger partial charge on any atom is 0.407 e. The molecule has 1 aromatic rings. The summed E-state index contributed by atoms with van der Waals surface area (Å²) in [5.74, 6) is -0.236. The van der Waals surface area contributed by atoms with Crippen LogP contribution in [0.1, 0.15) is 110 Å². The molecular formula is C36H63N3O7. The minimum absolute atomic E-state index is 0.00969. The maximum absolute atomic E-state index is 13.4. The van der Waals surface area contributed by atoms with Gasteiger partial charge in [-0.1, -0.05) is 47.1 Å². The lowest BCUT2D eigenvalue weighted by Crippen LogP contribution is -2.49. The Bertz CT molecular complexity index is 1050. The third-order valence-electron chi connectivity index (χ3n) is 8.04. The number of unbranched alkanes of at least 4 members (excludes halogenated alkanes) is 2. The maximum atomic E-state index is 13.4. The van der Waals surface area contributed by atoms with Crippen LogP contribution in [0.25, 0.3) is 0 Å². The van der Waals surface area contributed by atoms with Crippen LogP contribution in [-0.4, -0.2) is 74.2 Å². The second-order valence-electron chi connectivity index (χ2n) is 14.0. The van der Waals surface area contributed by atoms with E-state index in [1.165, 1.54) is 0 Å². The molecule has 0 aliphatic carbocycles. The smallest absolute Gasteiger partial charge is 0.407 e. The van der Waals surface area contributed by atoms with Crippen molar-refractivity contribution in [1.82, 2.24) is 16.0 Å². The van der Waals surface area contributed by atoms with E-state index < -0.39 is 29.8 Å². The molecule has 0 aromatic heterocycles. The number of amides is 3. The van der Waals surface area contributed by atoms with E-state index in [-0.39, 0.29) is 36.0 Å². The molecule has 1 aromatic carbocycles. The summed E-state index contributed by atoms with van der Waals surface area (Å²) in [6.07, 6.45) is 2.44. The third kappa shape index (κ3) is 16.1. The molecule has 0 spiro atoms. The van der Waals surface area contributed by atoms with Gasteiger partial charge in [0, 0.05) is 32.7 Å². The van der Waals surface area contributed by atoms with Crippen molar-refractivity contribution in [1.29, 1.82) is 0 Å². The Morgan fingerprint density at radius 3 is 2.20 bits per heavy atom. The highest BCUT2D eigenvalue weighted by molar-refractivity contribution is 5.97. The lowest BCUT2D eigenvalue weighted by atomic mass is 9.82. The molecule has 0 saturated heterocycles. The van der Waals surface area contributed by atoms with Gasteiger partial charge in [0.25, 0.3) is 5.91 Å². The summed E-state index contributed by atoms with van der Waals surface area (Å²) in [6, 6.07) is 4.82. The lowest BCUT2D eigenvalue weighted by Gasteiger charge is -2.33. The van der Waals surface area contributed by atoms with E-state index in [0.29, 0.717) is 44.0 Å². The molecule has 10 heteroatoms. The number of rotatable bonds is 21. The van der Waals surface area contributed by atoms with Gasteiger partial charge >= 0.3 is 6.09 Å². The summed E-state index contributed by atoms with van der Waals surface area (Å²) >= 11 is 0. The van der Waals surface area contributed by atoms with Crippen molar-refractivity contribution in [2.75, 3.05) is 33.4 Å². The fourth-order valence-electron chi connectivity index (χ4n) is 5.10. The topological polar surface area (TPSA) is 135 Å². The van der Waals surface area contributed by atoms with Crippen LogP contribution in [0.15, 0.2) is 18.2 Å². The molecule has 10 nitrogen and oxygen atoms in total. The van der Waals surface area contributed by atoms with Crippen molar-refractivity contribution in [2.24, 2.45) is 23.7 Å². The minimum Gasteiger partial charge on any atom is -0.493 e. The molecule has 0 aliphatic rings. The van der Waals surface area contributed by atoms with Crippen LogP contribution in [-0.2, 0) is 14.3 Å². The van der Waals surface area contributed by atoms with Gasteiger partial charge in [0.15, 0.2) is 0 Å². The SMILES string of the molecule is CCCCNC(=O)C(CC(O)C(CC(CNC(=O)c1ccc(C)cc1OCCCCOC)C(C)C)NC(=O)OC(C)(C)C)C(C)C. The number of aryl methyl sites for hydroxylation is 1. The van der Waals surface area contributed by atoms with E-state index in [0.717, 1.165) is 31.2 Å². The zero-order valence-corrected chi connectivity index (χ0v) is 30.2. The summed E-state index contributed by atoms with van der Waals surface area (Å²) in [5, 5.41) is 20.5. The third-order valence-corrected chi connectivity index (χ3v) is 8.04. The number of methoxy groups -OCH3 is 1. The fourth-order valence-corrected chi connectivity index (χ4v) is 5.10. The van der Waals surface area contributed by atoms with Crippen molar-refractivity contribution in [3.8, 4) is 5.75 Å². The zero-order chi connectivity index (χ0) is 34.9. The number of benzene rings is 1. The summed E-state index contributed by atoms with van der Waals surface area (Å²) in [6.45, 7) is 19.4. The molecule has 4 N–H and O–H groups in total. The Labute approximate surface area is 278 Å². The predicted octanol–water partition coefficient (Wildman–Crippen LogP) is 6.03. The van der Waals surface area contributed by atoms with Crippen LogP contribution in [0.3, 0.4) is 0 Å². The van der Waals surface area contributed by atoms with Gasteiger partial charge in [0.1, 0.15) is 11.4 Å². The molecule has 0 radical (unpaired) electrons. The largest absolute Gasteiger partial charge is 0.493 e. The first-order chi connectivity index (χ1) is 21.6. The van der Waals surface area contributed by atoms with E-state index in [1.807, 2.05) is 46.8 Å². The average molecular weight is 650 g/mol. The predicted molar refractivity (Wildman–Crippen MR) is 183 cm³/mol. The minimum atomic E-state index is -1.01. The highest BCUT2D eigenvalue weighted by atomic mass is 16.6. The number of nitrogens with one attached hydrogen (secondary N) is 3. The van der Waals surface area contributed by atoms with E-state index in [2.05, 4.69) is 22.9 Å². The Hall–Kier alpha value is -2.85. The molecule has 1 rings (SSSR count). The first kappa shape index (κ1) is 41.2. The van der Waals surface area contributed by atoms with Crippen molar-refractivity contribution >= 4 is 17.9 Å². The molecule has 4 atom stereocenters. The summed E-state index contributed by atoms with van der Waals surface area (Å²) < 4.78 is 16.6. The number of carbonyl (C=O) groups excluding carboxylic acids is 3. The number of ether oxygens (including phenoxy) is 3. The van der Waals surface area contributed by atoms with Crippen LogP contribution < -0.4 is 20.7 Å². The van der Waals surface area contributed by atoms with Crippen LogP contribution in [0.2, 0.25) is 0 Å². The average Bonchev–Trinajstić information content (AvgIpc) is 2.95. The number of hydrogen-bond donors (Lipinski definition) is 4. The Morgan fingerprint density at radius 1 is 0.935 bits per heavy atom. The number of hydrogen-bond acceptors (Lipinski definition) is 7. The zero-order valence-electron chi connectivity index (χ0n) is 30.2. The molecule has 0 saturated carbocycles. The van der Waals surface area contributed by atoms with Gasteiger partial charge in [-0.15, -0.1) is 0 Å². The van der Waals surface area contributed by atoms with E-state index in [9.17, 15) is 19.5 Å². The van der Waals surface area contributed by atoms with Gasteiger partial charge in [-0.05, 0) is 95.2 Å². The highest BCUT2D eigenvalue weighted by Crippen LogP contribution is 2.26. The number of aliphatic hydroxyl groups is 1. The first-order valence-electron chi connectivity index (χ1n) is 17.0. The number of aliphatic hydroxyl groups excluding tert-OH is 1. The molecule has 4 unspecified atom stereocenters. The van der Waals surface area contributed by atoms with Crippen molar-refractivity contribution in [2.45, 2.75) is 119 Å². The fraction of sp³-hybridized carbons (Fsp3) is 0.750. The van der Waals surface area contributed by atoms with Crippen LogP contribution in [0.5, 0.6) is 5.75 Å². The van der Waals surface area contributed by atoms with Gasteiger partial charge in [-0.25, -0.2) is 4.79 Å². The monoisotopic (exact) mass is 649 g/mol. The Kier molecular flexibility index (Phi) is 18.9. The normalized spacial score (nSPS) is 14.4. The first-order valence-corrected chi connectivity index (χ1v) is 17.0. The quantitative estimate of drug-likeness (QED) is 0.120.